The molecule has 4 aromatic rings. The van der Waals surface area contributed by atoms with Crippen molar-refractivity contribution in [3.63, 3.8) is 0 Å². The molecule has 0 bridgehead atoms. The second kappa shape index (κ2) is 11.9. The first kappa shape index (κ1) is 27.9. The minimum atomic E-state index is -0.716. The van der Waals surface area contributed by atoms with E-state index in [0.29, 0.717) is 66.0 Å². The number of ether oxygens (including phenoxy) is 1. The van der Waals surface area contributed by atoms with Crippen molar-refractivity contribution in [3.05, 3.63) is 64.4 Å². The molecule has 0 radical (unpaired) electrons. The van der Waals surface area contributed by atoms with Gasteiger partial charge in [-0.25, -0.2) is 4.98 Å². The summed E-state index contributed by atoms with van der Waals surface area (Å²) in [4.78, 5) is 13.1. The lowest BCUT2D eigenvalue weighted by Crippen LogP contribution is -2.50. The summed E-state index contributed by atoms with van der Waals surface area (Å²) >= 11 is 6.85. The van der Waals surface area contributed by atoms with Crippen molar-refractivity contribution in [2.75, 3.05) is 41.9 Å². The van der Waals surface area contributed by atoms with Gasteiger partial charge in [0.25, 0.3) is 0 Å². The standard InChI is InChI=1S/C28H29ClN10O2/c1-3-37(15-17-4-6-20(41-2)7-5-17)27-26-33-14-19(13-31)39(26)36-28(35-27)34-22-10-18(12-30)11-23(25(22)29)38-9-8-21(32)24(40)16-38/h4-7,10-11,14,21,24,40H,3,8-9,15-16,32H2,1-2H3,(H,34,36)/t21-,24-/m1/s1. The number of nitrogens with one attached hydrogen (secondary N) is 1. The average molecular weight is 573 g/mol. The van der Waals surface area contributed by atoms with E-state index >= 15 is 0 Å². The number of aliphatic hydroxyl groups is 1. The normalized spacial score (nSPS) is 16.7. The van der Waals surface area contributed by atoms with Crippen LogP contribution in [0.3, 0.4) is 0 Å². The van der Waals surface area contributed by atoms with Crippen molar-refractivity contribution < 1.29 is 9.84 Å². The number of imidazole rings is 1. The Morgan fingerprint density at radius 1 is 1.24 bits per heavy atom. The summed E-state index contributed by atoms with van der Waals surface area (Å²) in [7, 11) is 1.62. The van der Waals surface area contributed by atoms with Gasteiger partial charge in [0.15, 0.2) is 17.2 Å². The number of fused-ring (bicyclic) bond motifs is 1. The predicted octanol–water partition coefficient (Wildman–Crippen LogP) is 3.20. The molecule has 0 aliphatic carbocycles. The van der Waals surface area contributed by atoms with Gasteiger partial charge in [0.05, 0.1) is 47.4 Å². The molecule has 2 aromatic heterocycles. The number of halogens is 1. The molecule has 0 spiro atoms. The number of piperidine rings is 1. The van der Waals surface area contributed by atoms with Gasteiger partial charge in [-0.2, -0.15) is 20.0 Å². The highest BCUT2D eigenvalue weighted by atomic mass is 35.5. The van der Waals surface area contributed by atoms with Gasteiger partial charge >= 0.3 is 0 Å². The number of aliphatic hydroxyl groups excluding tert-OH is 1. The molecule has 0 amide bonds. The van der Waals surface area contributed by atoms with E-state index in [-0.39, 0.29) is 17.7 Å². The van der Waals surface area contributed by atoms with Crippen molar-refractivity contribution >= 4 is 40.4 Å². The van der Waals surface area contributed by atoms with E-state index in [2.05, 4.69) is 27.5 Å². The van der Waals surface area contributed by atoms with E-state index in [1.54, 1.807) is 19.2 Å². The van der Waals surface area contributed by atoms with Crippen molar-refractivity contribution in [3.8, 4) is 17.9 Å². The number of methoxy groups -OCH3 is 1. The number of nitrogens with zero attached hydrogens (tertiary/aromatic N) is 8. The van der Waals surface area contributed by atoms with Crippen LogP contribution in [0.5, 0.6) is 5.75 Å². The van der Waals surface area contributed by atoms with Crippen LogP contribution >= 0.6 is 11.6 Å². The Hall–Kier alpha value is -4.62. The van der Waals surface area contributed by atoms with Gasteiger partial charge in [-0.3, -0.25) is 0 Å². The molecule has 13 heteroatoms. The molecule has 2 atom stereocenters. The Morgan fingerprint density at radius 3 is 2.68 bits per heavy atom. The summed E-state index contributed by atoms with van der Waals surface area (Å²) in [5.74, 6) is 1.44. The summed E-state index contributed by atoms with van der Waals surface area (Å²) in [5.41, 5.74) is 9.06. The van der Waals surface area contributed by atoms with Crippen LogP contribution in [0.4, 0.5) is 23.1 Å². The zero-order valence-corrected chi connectivity index (χ0v) is 23.4. The topological polar surface area (TPSA) is 165 Å². The average Bonchev–Trinajstić information content (AvgIpc) is 3.41. The number of nitriles is 2. The highest BCUT2D eigenvalue weighted by molar-refractivity contribution is 6.36. The van der Waals surface area contributed by atoms with E-state index in [0.717, 1.165) is 11.3 Å². The molecule has 5 rings (SSSR count). The van der Waals surface area contributed by atoms with Gasteiger partial charge in [-0.1, -0.05) is 23.7 Å². The number of rotatable bonds is 8. The van der Waals surface area contributed by atoms with Crippen molar-refractivity contribution in [2.24, 2.45) is 5.73 Å². The Labute approximate surface area is 242 Å². The van der Waals surface area contributed by atoms with Crippen LogP contribution in [0.15, 0.2) is 42.6 Å². The van der Waals surface area contributed by atoms with Crippen LogP contribution in [-0.2, 0) is 6.54 Å². The molecule has 2 aromatic carbocycles. The fraction of sp³-hybridized carbons (Fsp3) is 0.321. The van der Waals surface area contributed by atoms with Crippen LogP contribution in [0.2, 0.25) is 5.02 Å². The molecule has 41 heavy (non-hydrogen) atoms. The summed E-state index contributed by atoms with van der Waals surface area (Å²) in [6.07, 6.45) is 1.32. The van der Waals surface area contributed by atoms with Crippen molar-refractivity contribution in [1.29, 1.82) is 10.5 Å². The molecule has 3 heterocycles. The number of aromatic nitrogens is 4. The summed E-state index contributed by atoms with van der Waals surface area (Å²) < 4.78 is 6.71. The maximum Gasteiger partial charge on any atom is 0.247 e. The van der Waals surface area contributed by atoms with Crippen molar-refractivity contribution in [1.82, 2.24) is 19.6 Å². The molecule has 1 saturated heterocycles. The lowest BCUT2D eigenvalue weighted by molar-refractivity contribution is 0.132. The molecular weight excluding hydrogens is 544 g/mol. The fourth-order valence-corrected chi connectivity index (χ4v) is 5.06. The number of anilines is 4. The van der Waals surface area contributed by atoms with Gasteiger partial charge in [0, 0.05) is 32.2 Å². The lowest BCUT2D eigenvalue weighted by atomic mass is 10.0. The summed E-state index contributed by atoms with van der Waals surface area (Å²) in [6, 6.07) is 15.0. The molecule has 1 aliphatic rings. The first-order chi connectivity index (χ1) is 19.8. The Bertz CT molecular complexity index is 1640. The SMILES string of the molecule is CCN(Cc1ccc(OC)cc1)c1nc(Nc2cc(C#N)cc(N3CC[C@@H](N)[C@H](O)C3)c2Cl)nn2c(C#N)cnc12. The lowest BCUT2D eigenvalue weighted by Gasteiger charge is -2.36. The summed E-state index contributed by atoms with van der Waals surface area (Å²) in [5, 5.41) is 37.8. The second-order valence-electron chi connectivity index (χ2n) is 9.67. The van der Waals surface area contributed by atoms with E-state index in [1.165, 1.54) is 10.7 Å². The van der Waals surface area contributed by atoms with E-state index in [4.69, 9.17) is 27.1 Å². The minimum absolute atomic E-state index is 0.166. The first-order valence-electron chi connectivity index (χ1n) is 13.1. The molecule has 1 aliphatic heterocycles. The van der Waals surface area contributed by atoms with Crippen LogP contribution in [0.25, 0.3) is 5.65 Å². The van der Waals surface area contributed by atoms with Crippen molar-refractivity contribution in [2.45, 2.75) is 32.0 Å². The molecule has 4 N–H and O–H groups in total. The largest absolute Gasteiger partial charge is 0.497 e. The highest BCUT2D eigenvalue weighted by Gasteiger charge is 2.27. The molecule has 210 valence electrons. The monoisotopic (exact) mass is 572 g/mol. The van der Waals surface area contributed by atoms with Crippen LogP contribution in [0.1, 0.15) is 30.2 Å². The molecule has 12 nitrogen and oxygen atoms in total. The number of hydrogen-bond acceptors (Lipinski definition) is 11. The molecule has 0 saturated carbocycles. The minimum Gasteiger partial charge on any atom is -0.497 e. The van der Waals surface area contributed by atoms with E-state index in [9.17, 15) is 15.6 Å². The predicted molar refractivity (Wildman–Crippen MR) is 155 cm³/mol. The Morgan fingerprint density at radius 2 is 2.02 bits per heavy atom. The molecule has 1 fully saturated rings. The zero-order valence-electron chi connectivity index (χ0n) is 22.6. The Kier molecular flexibility index (Phi) is 8.08. The fourth-order valence-electron chi connectivity index (χ4n) is 4.78. The number of hydrogen-bond donors (Lipinski definition) is 3. The smallest absolute Gasteiger partial charge is 0.247 e. The van der Waals surface area contributed by atoms with Gasteiger partial charge in [-0.05, 0) is 43.2 Å². The molecular formula is C28H29ClN10O2. The quantitative estimate of drug-likeness (QED) is 0.284. The van der Waals surface area contributed by atoms with Gasteiger partial charge < -0.3 is 30.7 Å². The number of β-amino-alcohol motifs (C(OH)–C–C–N with tert-alkyl or cyclic N) is 1. The van der Waals surface area contributed by atoms with Gasteiger partial charge in [-0.15, -0.1) is 5.10 Å². The van der Waals surface area contributed by atoms with E-state index < -0.39 is 6.10 Å². The highest BCUT2D eigenvalue weighted by Crippen LogP contribution is 2.37. The maximum atomic E-state index is 10.3. The third-order valence-corrected chi connectivity index (χ3v) is 7.47. The third-order valence-electron chi connectivity index (χ3n) is 7.08. The van der Waals surface area contributed by atoms with Crippen LogP contribution in [-0.4, -0.2) is 63.6 Å². The Balaban J connectivity index is 1.54. The maximum absolute atomic E-state index is 10.3. The molecule has 0 unspecified atom stereocenters. The van der Waals surface area contributed by atoms with Gasteiger partial charge in [0.1, 0.15) is 11.8 Å². The number of benzene rings is 2. The zero-order chi connectivity index (χ0) is 29.1. The number of nitrogens with two attached hydrogens (primary N) is 1. The van der Waals surface area contributed by atoms with Gasteiger partial charge in [0.2, 0.25) is 5.95 Å². The second-order valence-corrected chi connectivity index (χ2v) is 10.0. The van der Waals surface area contributed by atoms with Crippen LogP contribution < -0.4 is 25.6 Å². The third kappa shape index (κ3) is 5.67. The summed E-state index contributed by atoms with van der Waals surface area (Å²) in [6.45, 7) is 3.99. The van der Waals surface area contributed by atoms with Crippen LogP contribution in [0, 0.1) is 22.7 Å². The van der Waals surface area contributed by atoms with E-state index in [1.807, 2.05) is 41.0 Å². The first-order valence-corrected chi connectivity index (χ1v) is 13.5.